The third-order valence-corrected chi connectivity index (χ3v) is 5.31. The molecule has 27 heavy (non-hydrogen) atoms. The molecule has 4 rings (SSSR count). The smallest absolute Gasteiger partial charge is 0.224 e. The third-order valence-electron chi connectivity index (χ3n) is 5.31. The van der Waals surface area contributed by atoms with Crippen LogP contribution >= 0.6 is 0 Å². The van der Waals surface area contributed by atoms with Crippen molar-refractivity contribution in [1.82, 2.24) is 14.9 Å². The fourth-order valence-electron chi connectivity index (χ4n) is 3.60. The number of hydrogen-bond donors (Lipinski definition) is 1. The quantitative estimate of drug-likeness (QED) is 0.749. The number of amides is 1. The number of hydrogen-bond acceptors (Lipinski definition) is 2. The van der Waals surface area contributed by atoms with Crippen LogP contribution in [0.5, 0.6) is 0 Å². The summed E-state index contributed by atoms with van der Waals surface area (Å²) in [7, 11) is 0. The molecule has 1 aliphatic rings. The maximum absolute atomic E-state index is 12.3. The van der Waals surface area contributed by atoms with E-state index in [4.69, 9.17) is 4.98 Å². The van der Waals surface area contributed by atoms with E-state index in [1.165, 1.54) is 23.4 Å². The molecule has 1 N–H and O–H groups in total. The fourth-order valence-corrected chi connectivity index (χ4v) is 3.60. The predicted octanol–water partition coefficient (Wildman–Crippen LogP) is 3.97. The summed E-state index contributed by atoms with van der Waals surface area (Å²) in [6, 6.07) is 14.5. The van der Waals surface area contributed by atoms with Crippen LogP contribution in [-0.2, 0) is 30.7 Å². The minimum absolute atomic E-state index is 0.0459. The highest BCUT2D eigenvalue weighted by molar-refractivity contribution is 5.78. The van der Waals surface area contributed by atoms with E-state index in [-0.39, 0.29) is 5.91 Å². The Balaban J connectivity index is 1.39. The summed E-state index contributed by atoms with van der Waals surface area (Å²) in [5, 5.41) is 3.03. The van der Waals surface area contributed by atoms with Crippen molar-refractivity contribution >= 4 is 5.91 Å². The van der Waals surface area contributed by atoms with Crippen LogP contribution < -0.4 is 5.32 Å². The minimum atomic E-state index is 0.0459. The lowest BCUT2D eigenvalue weighted by Crippen LogP contribution is -2.24. The number of nitrogens with one attached hydrogen (secondary N) is 1. The summed E-state index contributed by atoms with van der Waals surface area (Å²) in [6.07, 6.45) is 4.80. The Morgan fingerprint density at radius 1 is 1.11 bits per heavy atom. The van der Waals surface area contributed by atoms with Crippen LogP contribution in [0.1, 0.15) is 34.5 Å². The molecule has 138 valence electrons. The zero-order chi connectivity index (χ0) is 18.8. The Hall–Kier alpha value is -2.88. The van der Waals surface area contributed by atoms with Gasteiger partial charge in [-0.25, -0.2) is 4.98 Å². The van der Waals surface area contributed by atoms with Crippen molar-refractivity contribution in [3.8, 4) is 11.3 Å². The van der Waals surface area contributed by atoms with Crippen molar-refractivity contribution in [3.05, 3.63) is 76.7 Å². The summed E-state index contributed by atoms with van der Waals surface area (Å²) < 4.78 is 2.24. The zero-order valence-electron chi connectivity index (χ0n) is 16.0. The molecule has 0 spiro atoms. The molecular weight excluding hydrogens is 334 g/mol. The lowest BCUT2D eigenvalue weighted by atomic mass is 10.0. The van der Waals surface area contributed by atoms with Gasteiger partial charge in [0.25, 0.3) is 0 Å². The highest BCUT2D eigenvalue weighted by atomic mass is 16.1. The van der Waals surface area contributed by atoms with Gasteiger partial charge in [0, 0.05) is 31.3 Å². The number of carbonyl (C=O) groups is 1. The van der Waals surface area contributed by atoms with Gasteiger partial charge < -0.3 is 9.88 Å². The van der Waals surface area contributed by atoms with Gasteiger partial charge in [-0.3, -0.25) is 4.79 Å². The standard InChI is InChI=1S/C23H25N3O/c1-16-8-9-18(11-17(16)2)13-23(27)24-14-19-5-3-6-20(12-19)21-15-26-10-4-7-22(26)25-21/h3,5-6,8-9,11-12,15H,4,7,10,13-14H2,1-2H3,(H,24,27). The average Bonchev–Trinajstić information content (AvgIpc) is 3.25. The number of rotatable bonds is 5. The molecule has 0 aliphatic carbocycles. The van der Waals surface area contributed by atoms with Crippen LogP contribution in [0, 0.1) is 13.8 Å². The van der Waals surface area contributed by atoms with Crippen molar-refractivity contribution in [2.45, 2.75) is 46.2 Å². The number of fused-ring (bicyclic) bond motifs is 1. The molecule has 0 saturated carbocycles. The number of carbonyl (C=O) groups excluding carboxylic acids is 1. The molecule has 0 atom stereocenters. The summed E-state index contributed by atoms with van der Waals surface area (Å²) in [6.45, 7) is 5.76. The first-order chi connectivity index (χ1) is 13.1. The number of nitrogens with zero attached hydrogens (tertiary/aromatic N) is 2. The van der Waals surface area contributed by atoms with E-state index >= 15 is 0 Å². The van der Waals surface area contributed by atoms with Crippen LogP contribution in [-0.4, -0.2) is 15.5 Å². The summed E-state index contributed by atoms with van der Waals surface area (Å²) in [5.74, 6) is 1.22. The number of imidazole rings is 1. The molecule has 0 bridgehead atoms. The van der Waals surface area contributed by atoms with Gasteiger partial charge in [0.05, 0.1) is 12.1 Å². The highest BCUT2D eigenvalue weighted by Gasteiger charge is 2.14. The van der Waals surface area contributed by atoms with Crippen LogP contribution in [0.15, 0.2) is 48.7 Å². The summed E-state index contributed by atoms with van der Waals surface area (Å²) >= 11 is 0. The Bertz CT molecular complexity index is 966. The Labute approximate surface area is 160 Å². The Morgan fingerprint density at radius 3 is 2.81 bits per heavy atom. The van der Waals surface area contributed by atoms with E-state index < -0.39 is 0 Å². The monoisotopic (exact) mass is 359 g/mol. The van der Waals surface area contributed by atoms with Crippen molar-refractivity contribution < 1.29 is 4.79 Å². The van der Waals surface area contributed by atoms with Crippen LogP contribution in [0.25, 0.3) is 11.3 Å². The number of aromatic nitrogens is 2. The minimum Gasteiger partial charge on any atom is -0.352 e. The van der Waals surface area contributed by atoms with Gasteiger partial charge in [-0.15, -0.1) is 0 Å². The fraction of sp³-hybridized carbons (Fsp3) is 0.304. The van der Waals surface area contributed by atoms with Crippen LogP contribution in [0.3, 0.4) is 0 Å². The van der Waals surface area contributed by atoms with Crippen molar-refractivity contribution in [3.63, 3.8) is 0 Å². The first-order valence-corrected chi connectivity index (χ1v) is 9.57. The molecule has 3 aromatic rings. The molecule has 1 aliphatic heterocycles. The largest absolute Gasteiger partial charge is 0.352 e. The zero-order valence-corrected chi connectivity index (χ0v) is 16.0. The second-order valence-electron chi connectivity index (χ2n) is 7.41. The van der Waals surface area contributed by atoms with Gasteiger partial charge in [0.2, 0.25) is 5.91 Å². The third kappa shape index (κ3) is 3.95. The molecular formula is C23H25N3O. The second kappa shape index (κ2) is 7.39. The maximum Gasteiger partial charge on any atom is 0.224 e. The maximum atomic E-state index is 12.3. The predicted molar refractivity (Wildman–Crippen MR) is 107 cm³/mol. The molecule has 4 heteroatoms. The molecule has 0 saturated heterocycles. The van der Waals surface area contributed by atoms with Crippen LogP contribution in [0.4, 0.5) is 0 Å². The van der Waals surface area contributed by atoms with Gasteiger partial charge in [-0.2, -0.15) is 0 Å². The van der Waals surface area contributed by atoms with E-state index in [9.17, 15) is 4.79 Å². The first-order valence-electron chi connectivity index (χ1n) is 9.57. The highest BCUT2D eigenvalue weighted by Crippen LogP contribution is 2.23. The van der Waals surface area contributed by atoms with E-state index in [2.05, 4.69) is 54.2 Å². The van der Waals surface area contributed by atoms with Gasteiger partial charge in [-0.05, 0) is 48.6 Å². The second-order valence-corrected chi connectivity index (χ2v) is 7.41. The lowest BCUT2D eigenvalue weighted by molar-refractivity contribution is -0.120. The molecule has 0 radical (unpaired) electrons. The Kier molecular flexibility index (Phi) is 4.80. The molecule has 0 fully saturated rings. The van der Waals surface area contributed by atoms with Gasteiger partial charge >= 0.3 is 0 Å². The van der Waals surface area contributed by atoms with E-state index in [0.717, 1.165) is 35.3 Å². The summed E-state index contributed by atoms with van der Waals surface area (Å²) in [4.78, 5) is 17.0. The molecule has 2 aromatic carbocycles. The summed E-state index contributed by atoms with van der Waals surface area (Å²) in [5.41, 5.74) is 6.75. The number of aryl methyl sites for hydroxylation is 4. The first kappa shape index (κ1) is 17.5. The van der Waals surface area contributed by atoms with Crippen LogP contribution in [0.2, 0.25) is 0 Å². The lowest BCUT2D eigenvalue weighted by Gasteiger charge is -2.08. The van der Waals surface area contributed by atoms with Crippen molar-refractivity contribution in [2.75, 3.05) is 0 Å². The topological polar surface area (TPSA) is 46.9 Å². The average molecular weight is 359 g/mol. The SMILES string of the molecule is Cc1ccc(CC(=O)NCc2cccc(-c3cn4c(n3)CCC4)c2)cc1C. The molecule has 1 aromatic heterocycles. The Morgan fingerprint density at radius 2 is 2.00 bits per heavy atom. The van der Waals surface area contributed by atoms with Crippen molar-refractivity contribution in [1.29, 1.82) is 0 Å². The van der Waals surface area contributed by atoms with Gasteiger partial charge in [0.1, 0.15) is 5.82 Å². The van der Waals surface area contributed by atoms with E-state index in [0.29, 0.717) is 13.0 Å². The van der Waals surface area contributed by atoms with Gasteiger partial charge in [-0.1, -0.05) is 36.4 Å². The molecule has 0 unspecified atom stereocenters. The van der Waals surface area contributed by atoms with Gasteiger partial charge in [0.15, 0.2) is 0 Å². The van der Waals surface area contributed by atoms with E-state index in [1.54, 1.807) is 0 Å². The van der Waals surface area contributed by atoms with Crippen molar-refractivity contribution in [2.24, 2.45) is 0 Å². The number of benzene rings is 2. The van der Waals surface area contributed by atoms with E-state index in [1.807, 2.05) is 18.2 Å². The molecule has 2 heterocycles. The molecule has 1 amide bonds. The molecule has 4 nitrogen and oxygen atoms in total. The normalized spacial score (nSPS) is 12.8.